The van der Waals surface area contributed by atoms with Crippen LogP contribution in [0.4, 0.5) is 0 Å². The number of fused-ring (bicyclic) bond motifs is 6. The lowest BCUT2D eigenvalue weighted by Gasteiger charge is -2.48. The summed E-state index contributed by atoms with van der Waals surface area (Å²) in [6, 6.07) is 0. The number of allylic oxidation sites excluding steroid dienone is 2. The quantitative estimate of drug-likeness (QED) is 0.666. The summed E-state index contributed by atoms with van der Waals surface area (Å²) < 4.78 is 0. The summed E-state index contributed by atoms with van der Waals surface area (Å²) in [5.74, 6) is 3.86. The van der Waals surface area contributed by atoms with Gasteiger partial charge in [0.05, 0.1) is 0 Å². The Hall–Kier alpha value is -1.18. The van der Waals surface area contributed by atoms with Crippen molar-refractivity contribution in [2.24, 2.45) is 59.2 Å². The molecular formula is C24H32O2. The lowest BCUT2D eigenvalue weighted by Crippen LogP contribution is -2.47. The molecule has 5 aliphatic rings. The molecule has 0 bridgehead atoms. The second kappa shape index (κ2) is 6.17. The van der Waals surface area contributed by atoms with E-state index in [0.717, 1.165) is 12.8 Å². The molecule has 2 nitrogen and oxygen atoms in total. The van der Waals surface area contributed by atoms with Crippen LogP contribution >= 0.6 is 0 Å². The van der Waals surface area contributed by atoms with E-state index in [2.05, 4.69) is 25.3 Å². The van der Waals surface area contributed by atoms with Gasteiger partial charge >= 0.3 is 0 Å². The molecule has 10 unspecified atom stereocenters. The van der Waals surface area contributed by atoms with E-state index in [-0.39, 0.29) is 35.5 Å². The molecule has 26 heavy (non-hydrogen) atoms. The fourth-order valence-corrected chi connectivity index (χ4v) is 8.38. The van der Waals surface area contributed by atoms with E-state index >= 15 is 0 Å². The van der Waals surface area contributed by atoms with E-state index in [1.807, 2.05) is 0 Å². The smallest absolute Gasteiger partial charge is 0.140 e. The SMILES string of the molecule is C=CC1C2C(=O)C3CCCCC3C2C(C=C)C2C(=O)C3CCCCC3C12. The fraction of sp³-hybridized carbons (Fsp3) is 0.750. The maximum Gasteiger partial charge on any atom is 0.140 e. The molecule has 0 spiro atoms. The van der Waals surface area contributed by atoms with Gasteiger partial charge in [0.1, 0.15) is 11.6 Å². The third-order valence-electron chi connectivity index (χ3n) is 9.11. The summed E-state index contributed by atoms with van der Waals surface area (Å²) in [5.41, 5.74) is 0. The van der Waals surface area contributed by atoms with Crippen LogP contribution in [-0.2, 0) is 9.59 Å². The van der Waals surface area contributed by atoms with Gasteiger partial charge in [-0.05, 0) is 61.2 Å². The van der Waals surface area contributed by atoms with E-state index in [9.17, 15) is 9.59 Å². The Bertz CT molecular complexity index is 593. The maximum atomic E-state index is 13.5. The monoisotopic (exact) mass is 352 g/mol. The predicted octanol–water partition coefficient (Wildman–Crippen LogP) is 4.85. The number of carbonyl (C=O) groups excluding carboxylic acids is 2. The molecule has 2 heteroatoms. The van der Waals surface area contributed by atoms with Crippen molar-refractivity contribution in [2.45, 2.75) is 51.4 Å². The zero-order valence-corrected chi connectivity index (χ0v) is 15.8. The van der Waals surface area contributed by atoms with Gasteiger partial charge in [-0.25, -0.2) is 0 Å². The van der Waals surface area contributed by atoms with Crippen molar-refractivity contribution < 1.29 is 9.59 Å². The van der Waals surface area contributed by atoms with Gasteiger partial charge in [0.15, 0.2) is 0 Å². The van der Waals surface area contributed by atoms with Gasteiger partial charge in [-0.2, -0.15) is 0 Å². The lowest BCUT2D eigenvalue weighted by molar-refractivity contribution is -0.133. The van der Waals surface area contributed by atoms with E-state index in [1.54, 1.807) is 0 Å². The summed E-state index contributed by atoms with van der Waals surface area (Å²) >= 11 is 0. The van der Waals surface area contributed by atoms with Crippen molar-refractivity contribution in [3.05, 3.63) is 25.3 Å². The minimum atomic E-state index is 0.110. The third-order valence-corrected chi connectivity index (χ3v) is 9.11. The molecule has 10 atom stereocenters. The summed E-state index contributed by atoms with van der Waals surface area (Å²) in [6.45, 7) is 8.36. The molecule has 0 aromatic rings. The van der Waals surface area contributed by atoms with Crippen molar-refractivity contribution >= 4 is 11.6 Å². The Balaban J connectivity index is 1.61. The van der Waals surface area contributed by atoms with Gasteiger partial charge < -0.3 is 0 Å². The number of hydrogen-bond acceptors (Lipinski definition) is 2. The molecule has 0 N–H and O–H groups in total. The highest BCUT2D eigenvalue weighted by atomic mass is 16.1. The molecule has 5 rings (SSSR count). The molecule has 0 saturated heterocycles. The van der Waals surface area contributed by atoms with E-state index in [1.165, 1.54) is 38.5 Å². The Labute approximate surface area is 157 Å². The summed E-state index contributed by atoms with van der Waals surface area (Å²) in [7, 11) is 0. The second-order valence-electron chi connectivity index (χ2n) is 9.75. The molecule has 0 radical (unpaired) electrons. The van der Waals surface area contributed by atoms with Gasteiger partial charge in [0.2, 0.25) is 0 Å². The van der Waals surface area contributed by atoms with Crippen molar-refractivity contribution in [3.8, 4) is 0 Å². The minimum Gasteiger partial charge on any atom is -0.299 e. The molecule has 0 aromatic heterocycles. The van der Waals surface area contributed by atoms with Gasteiger partial charge in [-0.3, -0.25) is 9.59 Å². The molecule has 140 valence electrons. The van der Waals surface area contributed by atoms with Crippen LogP contribution in [0.2, 0.25) is 0 Å². The number of carbonyl (C=O) groups is 2. The fourth-order valence-electron chi connectivity index (χ4n) is 8.38. The van der Waals surface area contributed by atoms with Crippen molar-refractivity contribution in [1.29, 1.82) is 0 Å². The zero-order valence-electron chi connectivity index (χ0n) is 15.8. The first kappa shape index (κ1) is 17.0. The molecule has 0 amide bonds. The zero-order chi connectivity index (χ0) is 18.0. The number of rotatable bonds is 2. The van der Waals surface area contributed by atoms with E-state index < -0.39 is 0 Å². The Morgan fingerprint density at radius 3 is 1.42 bits per heavy atom. The van der Waals surface area contributed by atoms with Gasteiger partial charge in [-0.15, -0.1) is 13.2 Å². The second-order valence-corrected chi connectivity index (χ2v) is 9.75. The average Bonchev–Trinajstić information content (AvgIpc) is 3.14. The molecule has 5 fully saturated rings. The minimum absolute atomic E-state index is 0.110. The van der Waals surface area contributed by atoms with Gasteiger partial charge in [-0.1, -0.05) is 37.8 Å². The Morgan fingerprint density at radius 1 is 0.654 bits per heavy atom. The Morgan fingerprint density at radius 2 is 1.04 bits per heavy atom. The summed E-state index contributed by atoms with van der Waals surface area (Å²) in [6.07, 6.45) is 13.5. The van der Waals surface area contributed by atoms with Gasteiger partial charge in [0, 0.05) is 23.7 Å². The topological polar surface area (TPSA) is 34.1 Å². The van der Waals surface area contributed by atoms with Crippen LogP contribution < -0.4 is 0 Å². The molecule has 0 aliphatic heterocycles. The van der Waals surface area contributed by atoms with Crippen LogP contribution in [0.15, 0.2) is 25.3 Å². The van der Waals surface area contributed by atoms with Crippen molar-refractivity contribution in [1.82, 2.24) is 0 Å². The van der Waals surface area contributed by atoms with Crippen LogP contribution in [0.5, 0.6) is 0 Å². The highest BCUT2D eigenvalue weighted by Crippen LogP contribution is 2.65. The normalized spacial score (nSPS) is 52.6. The first-order valence-electron chi connectivity index (χ1n) is 11.0. The molecule has 5 aliphatic carbocycles. The van der Waals surface area contributed by atoms with Crippen LogP contribution in [0.3, 0.4) is 0 Å². The molecule has 5 saturated carbocycles. The average molecular weight is 353 g/mol. The largest absolute Gasteiger partial charge is 0.299 e. The standard InChI is InChI=1S/C24H32O2/c1-3-13-19-15-9-5-7-11-17(15)24(26)22(19)14(4-2)20-16-10-6-8-12-18(16)23(25)21(13)20/h3-4,13-22H,1-2,5-12H2. The van der Waals surface area contributed by atoms with E-state index in [0.29, 0.717) is 35.2 Å². The van der Waals surface area contributed by atoms with Crippen LogP contribution in [0, 0.1) is 59.2 Å². The van der Waals surface area contributed by atoms with Gasteiger partial charge in [0.25, 0.3) is 0 Å². The highest BCUT2D eigenvalue weighted by molar-refractivity contribution is 5.91. The molecule has 0 aromatic carbocycles. The predicted molar refractivity (Wildman–Crippen MR) is 102 cm³/mol. The first-order chi connectivity index (χ1) is 12.7. The maximum absolute atomic E-state index is 13.5. The highest BCUT2D eigenvalue weighted by Gasteiger charge is 2.66. The summed E-state index contributed by atoms with van der Waals surface area (Å²) in [5, 5.41) is 0. The van der Waals surface area contributed by atoms with E-state index in [4.69, 9.17) is 0 Å². The first-order valence-corrected chi connectivity index (χ1v) is 11.0. The van der Waals surface area contributed by atoms with Crippen LogP contribution in [0.25, 0.3) is 0 Å². The number of hydrogen-bond donors (Lipinski definition) is 0. The molecule has 0 heterocycles. The summed E-state index contributed by atoms with van der Waals surface area (Å²) in [4.78, 5) is 26.9. The van der Waals surface area contributed by atoms with Crippen LogP contribution in [-0.4, -0.2) is 11.6 Å². The van der Waals surface area contributed by atoms with Crippen LogP contribution in [0.1, 0.15) is 51.4 Å². The van der Waals surface area contributed by atoms with Crippen molar-refractivity contribution in [3.63, 3.8) is 0 Å². The lowest BCUT2D eigenvalue weighted by atomic mass is 9.55. The Kier molecular flexibility index (Phi) is 4.03. The number of ketones is 2. The number of Topliss-reactive ketones (excluding diaryl/α,β-unsaturated/α-hetero) is 2. The molecular weight excluding hydrogens is 320 g/mol. The third kappa shape index (κ3) is 2.05. The van der Waals surface area contributed by atoms with Crippen molar-refractivity contribution in [2.75, 3.05) is 0 Å².